The second-order valence-corrected chi connectivity index (χ2v) is 10.9. The van der Waals surface area contributed by atoms with Gasteiger partial charge >= 0.3 is 0 Å². The van der Waals surface area contributed by atoms with Crippen LogP contribution in [-0.4, -0.2) is 56.7 Å². The third-order valence-electron chi connectivity index (χ3n) is 7.90. The van der Waals surface area contributed by atoms with Crippen molar-refractivity contribution in [3.63, 3.8) is 0 Å². The summed E-state index contributed by atoms with van der Waals surface area (Å²) in [7, 11) is 0. The number of nitrogens with one attached hydrogen (secondary N) is 1. The first-order valence-corrected chi connectivity index (χ1v) is 12.7. The van der Waals surface area contributed by atoms with Crippen molar-refractivity contribution in [2.24, 2.45) is 5.41 Å². The maximum atomic E-state index is 12.9. The number of aromatic amines is 1. The molecule has 0 spiro atoms. The maximum absolute atomic E-state index is 12.9. The number of likely N-dealkylation sites (tertiary alicyclic amines) is 1. The van der Waals surface area contributed by atoms with Crippen LogP contribution < -0.4 is 0 Å². The van der Waals surface area contributed by atoms with Gasteiger partial charge in [0.1, 0.15) is 6.33 Å². The van der Waals surface area contributed by atoms with E-state index in [1.54, 1.807) is 6.33 Å². The molecular weight excluding hydrogens is 438 g/mol. The Labute approximate surface area is 205 Å². The molecule has 0 radical (unpaired) electrons. The molecule has 2 fully saturated rings. The highest BCUT2D eigenvalue weighted by Gasteiger charge is 2.44. The van der Waals surface area contributed by atoms with E-state index in [9.17, 15) is 4.79 Å². The Bertz CT molecular complexity index is 1420. The molecule has 7 heteroatoms. The van der Waals surface area contributed by atoms with Crippen molar-refractivity contribution >= 4 is 22.5 Å². The second kappa shape index (κ2) is 8.19. The van der Waals surface area contributed by atoms with Crippen LogP contribution in [0.4, 0.5) is 0 Å². The molecule has 3 aromatic heterocycles. The van der Waals surface area contributed by atoms with Crippen molar-refractivity contribution in [2.45, 2.75) is 52.4 Å². The average molecular weight is 472 g/mol. The lowest BCUT2D eigenvalue weighted by Crippen LogP contribution is -2.54. The molecular formula is C28H33N5O2. The number of carbonyl (C=O) groups is 1. The van der Waals surface area contributed by atoms with Crippen LogP contribution >= 0.6 is 0 Å². The molecule has 0 unspecified atom stereocenters. The summed E-state index contributed by atoms with van der Waals surface area (Å²) in [5, 5.41) is 5.66. The van der Waals surface area contributed by atoms with E-state index in [0.717, 1.165) is 53.9 Å². The number of hydrogen-bond donors (Lipinski definition) is 1. The van der Waals surface area contributed by atoms with Crippen LogP contribution in [0, 0.1) is 12.3 Å². The molecule has 4 aromatic rings. The first-order chi connectivity index (χ1) is 16.8. The van der Waals surface area contributed by atoms with Gasteiger partial charge in [-0.1, -0.05) is 19.9 Å². The minimum atomic E-state index is -0.312. The molecule has 0 aliphatic carbocycles. The lowest BCUT2D eigenvalue weighted by atomic mass is 9.84. The van der Waals surface area contributed by atoms with E-state index in [4.69, 9.17) is 4.74 Å². The molecule has 1 N–H and O–H groups in total. The highest BCUT2D eigenvalue weighted by atomic mass is 16.5. The molecule has 1 aromatic carbocycles. The number of amides is 1. The Morgan fingerprint density at radius 2 is 1.97 bits per heavy atom. The number of rotatable bonds is 4. The quantitative estimate of drug-likeness (QED) is 0.452. The van der Waals surface area contributed by atoms with Gasteiger partial charge in [-0.15, -0.1) is 0 Å². The Balaban J connectivity index is 1.31. The molecule has 2 aliphatic rings. The van der Waals surface area contributed by atoms with Crippen molar-refractivity contribution in [1.82, 2.24) is 24.5 Å². The smallest absolute Gasteiger partial charge is 0.233 e. The standard InChI is InChI=1S/C28H33N5O2/c1-17(2)24-22-12-20(19-7-9-32(10-8-19)27(34)28(4)14-35-15-28)5-6-23(22)31-25(24)21-11-18(3)26-29-16-30-33(26)13-21/h5-6,11-13,16-17,19,31H,7-10,14-15H2,1-4H3. The Hall–Kier alpha value is -3.19. The van der Waals surface area contributed by atoms with Crippen molar-refractivity contribution in [2.75, 3.05) is 26.3 Å². The normalized spacial score (nSPS) is 18.5. The van der Waals surface area contributed by atoms with Crippen LogP contribution in [0.3, 0.4) is 0 Å². The predicted octanol–water partition coefficient (Wildman–Crippen LogP) is 5.05. The van der Waals surface area contributed by atoms with Gasteiger partial charge in [-0.25, -0.2) is 9.50 Å². The van der Waals surface area contributed by atoms with E-state index in [-0.39, 0.29) is 11.3 Å². The number of aromatic nitrogens is 4. The number of hydrogen-bond acceptors (Lipinski definition) is 4. The van der Waals surface area contributed by atoms with E-state index < -0.39 is 0 Å². The number of carbonyl (C=O) groups excluding carboxylic acids is 1. The van der Waals surface area contributed by atoms with Crippen molar-refractivity contribution in [3.05, 3.63) is 53.5 Å². The van der Waals surface area contributed by atoms with E-state index in [1.807, 2.05) is 16.3 Å². The number of benzene rings is 1. The maximum Gasteiger partial charge on any atom is 0.233 e. The summed E-state index contributed by atoms with van der Waals surface area (Å²) in [5.74, 6) is 1.10. The van der Waals surface area contributed by atoms with Crippen LogP contribution in [0.2, 0.25) is 0 Å². The zero-order valence-electron chi connectivity index (χ0n) is 21.0. The summed E-state index contributed by atoms with van der Waals surface area (Å²) in [6.07, 6.45) is 5.68. The summed E-state index contributed by atoms with van der Waals surface area (Å²) in [4.78, 5) is 23.0. The molecule has 0 bridgehead atoms. The van der Waals surface area contributed by atoms with Gasteiger partial charge < -0.3 is 14.6 Å². The Morgan fingerprint density at radius 3 is 2.66 bits per heavy atom. The zero-order valence-corrected chi connectivity index (χ0v) is 21.0. The summed E-state index contributed by atoms with van der Waals surface area (Å²) >= 11 is 0. The van der Waals surface area contributed by atoms with Crippen LogP contribution in [-0.2, 0) is 9.53 Å². The minimum Gasteiger partial charge on any atom is -0.379 e. The highest BCUT2D eigenvalue weighted by molar-refractivity contribution is 5.92. The van der Waals surface area contributed by atoms with Gasteiger partial charge in [0.2, 0.25) is 5.91 Å². The van der Waals surface area contributed by atoms with Gasteiger partial charge in [0.15, 0.2) is 5.65 Å². The van der Waals surface area contributed by atoms with E-state index in [0.29, 0.717) is 25.0 Å². The molecule has 1 amide bonds. The van der Waals surface area contributed by atoms with Gasteiger partial charge in [-0.2, -0.15) is 5.10 Å². The van der Waals surface area contributed by atoms with E-state index in [1.165, 1.54) is 16.5 Å². The van der Waals surface area contributed by atoms with Crippen LogP contribution in [0.15, 0.2) is 36.8 Å². The monoisotopic (exact) mass is 471 g/mol. The third-order valence-corrected chi connectivity index (χ3v) is 7.90. The second-order valence-electron chi connectivity index (χ2n) is 10.9. The number of nitrogens with zero attached hydrogens (tertiary/aromatic N) is 4. The summed E-state index contributed by atoms with van der Waals surface area (Å²) in [6, 6.07) is 9.07. The van der Waals surface area contributed by atoms with Gasteiger partial charge in [-0.3, -0.25) is 4.79 Å². The van der Waals surface area contributed by atoms with Crippen molar-refractivity contribution in [3.8, 4) is 11.3 Å². The molecule has 0 atom stereocenters. The van der Waals surface area contributed by atoms with Gasteiger partial charge in [0.25, 0.3) is 0 Å². The lowest BCUT2D eigenvalue weighted by molar-refractivity contribution is -0.169. The number of ether oxygens (including phenoxy) is 1. The highest BCUT2D eigenvalue weighted by Crippen LogP contribution is 2.39. The van der Waals surface area contributed by atoms with Crippen LogP contribution in [0.1, 0.15) is 62.1 Å². The Morgan fingerprint density at radius 1 is 1.20 bits per heavy atom. The largest absolute Gasteiger partial charge is 0.379 e. The Kier molecular flexibility index (Phi) is 5.22. The average Bonchev–Trinajstić information content (AvgIpc) is 3.46. The van der Waals surface area contributed by atoms with E-state index >= 15 is 0 Å². The summed E-state index contributed by atoms with van der Waals surface area (Å²) in [6.45, 7) is 11.4. The SMILES string of the molecule is Cc1cc(-c2[nH]c3ccc(C4CCN(C(=O)C5(C)COC5)CC4)cc3c2C(C)C)cn2ncnc12. The molecule has 182 valence electrons. The summed E-state index contributed by atoms with van der Waals surface area (Å²) in [5.41, 5.74) is 7.84. The first-order valence-electron chi connectivity index (χ1n) is 12.7. The van der Waals surface area contributed by atoms with Crippen molar-refractivity contribution in [1.29, 1.82) is 0 Å². The molecule has 6 rings (SSSR count). The number of piperidine rings is 1. The number of H-pyrrole nitrogens is 1. The molecule has 2 aliphatic heterocycles. The molecule has 2 saturated heterocycles. The fourth-order valence-corrected chi connectivity index (χ4v) is 5.87. The number of pyridine rings is 1. The van der Waals surface area contributed by atoms with Crippen LogP contribution in [0.25, 0.3) is 27.8 Å². The van der Waals surface area contributed by atoms with Crippen LogP contribution in [0.5, 0.6) is 0 Å². The van der Waals surface area contributed by atoms with Crippen molar-refractivity contribution < 1.29 is 9.53 Å². The first kappa shape index (κ1) is 22.3. The fraction of sp³-hybridized carbons (Fsp3) is 0.464. The topological polar surface area (TPSA) is 75.5 Å². The molecule has 35 heavy (non-hydrogen) atoms. The zero-order chi connectivity index (χ0) is 24.3. The molecule has 5 heterocycles. The fourth-order valence-electron chi connectivity index (χ4n) is 5.87. The molecule has 0 saturated carbocycles. The molecule has 7 nitrogen and oxygen atoms in total. The third kappa shape index (κ3) is 3.64. The predicted molar refractivity (Wildman–Crippen MR) is 137 cm³/mol. The van der Waals surface area contributed by atoms with Gasteiger partial charge in [0, 0.05) is 35.8 Å². The summed E-state index contributed by atoms with van der Waals surface area (Å²) < 4.78 is 7.17. The number of aryl methyl sites for hydroxylation is 1. The minimum absolute atomic E-state index is 0.259. The lowest BCUT2D eigenvalue weighted by Gasteiger charge is -2.42. The van der Waals surface area contributed by atoms with Gasteiger partial charge in [0.05, 0.1) is 24.3 Å². The van der Waals surface area contributed by atoms with E-state index in [2.05, 4.69) is 66.3 Å². The van der Waals surface area contributed by atoms with Gasteiger partial charge in [-0.05, 0) is 73.4 Å². The number of fused-ring (bicyclic) bond motifs is 2.